The zero-order valence-corrected chi connectivity index (χ0v) is 15.8. The summed E-state index contributed by atoms with van der Waals surface area (Å²) in [7, 11) is 0. The van der Waals surface area contributed by atoms with E-state index in [0.29, 0.717) is 0 Å². The van der Waals surface area contributed by atoms with Gasteiger partial charge in [0.2, 0.25) is 0 Å². The van der Waals surface area contributed by atoms with Crippen LogP contribution < -0.4 is 0 Å². The average Bonchev–Trinajstić information content (AvgIpc) is 2.47. The molecule has 0 aliphatic rings. The Balaban J connectivity index is 2.73. The van der Waals surface area contributed by atoms with Gasteiger partial charge in [0.05, 0.1) is 0 Å². The first-order valence-electron chi connectivity index (χ1n) is 9.60. The van der Waals surface area contributed by atoms with Gasteiger partial charge in [0.15, 0.2) is 0 Å². The van der Waals surface area contributed by atoms with Gasteiger partial charge in [-0.3, -0.25) is 0 Å². The summed E-state index contributed by atoms with van der Waals surface area (Å²) in [4.78, 5) is 0. The van der Waals surface area contributed by atoms with Crippen molar-refractivity contribution in [1.29, 1.82) is 0 Å². The second-order valence-corrected chi connectivity index (χ2v) is 7.91. The molecule has 0 radical (unpaired) electrons. The Hall–Kier alpha value is -0.780. The molecule has 0 fully saturated rings. The maximum absolute atomic E-state index is 2.48. The van der Waals surface area contributed by atoms with E-state index in [1.807, 2.05) is 0 Å². The molecule has 126 valence electrons. The van der Waals surface area contributed by atoms with Gasteiger partial charge in [0.25, 0.3) is 0 Å². The fourth-order valence-electron chi connectivity index (χ4n) is 3.00. The monoisotopic (exact) mass is 302 g/mol. The van der Waals surface area contributed by atoms with E-state index in [-0.39, 0.29) is 5.41 Å². The SMILES string of the molecule is CCCCCCc1cc(CCCCCC)cc(C(C)(C)C)c1. The molecule has 1 rings (SSSR count). The van der Waals surface area contributed by atoms with E-state index in [2.05, 4.69) is 52.8 Å². The second-order valence-electron chi connectivity index (χ2n) is 7.91. The van der Waals surface area contributed by atoms with Crippen LogP contribution in [0, 0.1) is 0 Å². The largest absolute Gasteiger partial charge is 0.0654 e. The van der Waals surface area contributed by atoms with Gasteiger partial charge >= 0.3 is 0 Å². The lowest BCUT2D eigenvalue weighted by Gasteiger charge is -2.21. The third-order valence-corrected chi connectivity index (χ3v) is 4.56. The Kier molecular flexibility index (Phi) is 8.83. The van der Waals surface area contributed by atoms with E-state index in [0.717, 1.165) is 0 Å². The molecule has 0 spiro atoms. The quantitative estimate of drug-likeness (QED) is 0.400. The first kappa shape index (κ1) is 19.3. The zero-order chi connectivity index (χ0) is 16.4. The summed E-state index contributed by atoms with van der Waals surface area (Å²) in [6.07, 6.45) is 13.4. The molecule has 0 saturated heterocycles. The molecule has 22 heavy (non-hydrogen) atoms. The standard InChI is InChI=1S/C22H38/c1-6-8-10-12-14-19-16-20(15-13-11-9-7-2)18-21(17-19)22(3,4)5/h16-18H,6-15H2,1-5H3. The van der Waals surface area contributed by atoms with Crippen LogP contribution in [0.15, 0.2) is 18.2 Å². The summed E-state index contributed by atoms with van der Waals surface area (Å²) in [5.41, 5.74) is 4.91. The van der Waals surface area contributed by atoms with Crippen LogP contribution >= 0.6 is 0 Å². The number of benzene rings is 1. The molecule has 0 bridgehead atoms. The van der Waals surface area contributed by atoms with Gasteiger partial charge in [-0.2, -0.15) is 0 Å². The Labute approximate surface area is 139 Å². The second kappa shape index (κ2) is 10.1. The molecule has 0 aromatic heterocycles. The summed E-state index contributed by atoms with van der Waals surface area (Å²) in [6.45, 7) is 11.6. The van der Waals surface area contributed by atoms with Crippen molar-refractivity contribution in [3.8, 4) is 0 Å². The number of hydrogen-bond donors (Lipinski definition) is 0. The van der Waals surface area contributed by atoms with Crippen LogP contribution in [0.4, 0.5) is 0 Å². The van der Waals surface area contributed by atoms with E-state index in [1.54, 1.807) is 11.1 Å². The lowest BCUT2D eigenvalue weighted by atomic mass is 9.84. The van der Waals surface area contributed by atoms with Crippen LogP contribution in [0.25, 0.3) is 0 Å². The lowest BCUT2D eigenvalue weighted by Crippen LogP contribution is -2.12. The number of unbranched alkanes of at least 4 members (excludes halogenated alkanes) is 6. The predicted octanol–water partition coefficient (Wildman–Crippen LogP) is 7.23. The van der Waals surface area contributed by atoms with Gasteiger partial charge in [-0.25, -0.2) is 0 Å². The molecule has 0 atom stereocenters. The normalized spacial score (nSPS) is 11.9. The molecule has 0 saturated carbocycles. The maximum Gasteiger partial charge on any atom is -0.0132 e. The molecule has 0 amide bonds. The fourth-order valence-corrected chi connectivity index (χ4v) is 3.00. The van der Waals surface area contributed by atoms with Gasteiger partial charge in [-0.05, 0) is 47.8 Å². The molecular weight excluding hydrogens is 264 g/mol. The van der Waals surface area contributed by atoms with Crippen molar-refractivity contribution in [2.24, 2.45) is 0 Å². The highest BCUT2D eigenvalue weighted by molar-refractivity contribution is 5.34. The molecular formula is C22H38. The number of hydrogen-bond acceptors (Lipinski definition) is 0. The van der Waals surface area contributed by atoms with E-state index >= 15 is 0 Å². The minimum atomic E-state index is 0.262. The summed E-state index contributed by atoms with van der Waals surface area (Å²) >= 11 is 0. The Bertz CT molecular complexity index is 378. The Morgan fingerprint density at radius 3 is 1.45 bits per heavy atom. The van der Waals surface area contributed by atoms with E-state index < -0.39 is 0 Å². The highest BCUT2D eigenvalue weighted by atomic mass is 14.2. The minimum absolute atomic E-state index is 0.262. The van der Waals surface area contributed by atoms with Gasteiger partial charge in [-0.1, -0.05) is 91.3 Å². The van der Waals surface area contributed by atoms with Crippen LogP contribution in [-0.4, -0.2) is 0 Å². The zero-order valence-electron chi connectivity index (χ0n) is 15.8. The molecule has 0 heterocycles. The van der Waals surface area contributed by atoms with Crippen molar-refractivity contribution in [3.05, 3.63) is 34.9 Å². The topological polar surface area (TPSA) is 0 Å². The molecule has 0 N–H and O–H groups in total. The number of aryl methyl sites for hydroxylation is 2. The first-order valence-corrected chi connectivity index (χ1v) is 9.60. The van der Waals surface area contributed by atoms with Crippen molar-refractivity contribution >= 4 is 0 Å². The predicted molar refractivity (Wildman–Crippen MR) is 101 cm³/mol. The highest BCUT2D eigenvalue weighted by Gasteiger charge is 2.15. The smallest absolute Gasteiger partial charge is 0.0132 e. The van der Waals surface area contributed by atoms with Gasteiger partial charge < -0.3 is 0 Å². The molecule has 1 aromatic rings. The first-order chi connectivity index (χ1) is 10.5. The average molecular weight is 303 g/mol. The maximum atomic E-state index is 2.48. The molecule has 0 aliphatic heterocycles. The van der Waals surface area contributed by atoms with Gasteiger partial charge in [0.1, 0.15) is 0 Å². The summed E-state index contributed by atoms with van der Waals surface area (Å²) in [5.74, 6) is 0. The minimum Gasteiger partial charge on any atom is -0.0654 e. The summed E-state index contributed by atoms with van der Waals surface area (Å²) in [5, 5.41) is 0. The summed E-state index contributed by atoms with van der Waals surface area (Å²) in [6, 6.07) is 7.40. The van der Waals surface area contributed by atoms with E-state index in [4.69, 9.17) is 0 Å². The van der Waals surface area contributed by atoms with Gasteiger partial charge in [-0.15, -0.1) is 0 Å². The summed E-state index contributed by atoms with van der Waals surface area (Å²) < 4.78 is 0. The van der Waals surface area contributed by atoms with Crippen LogP contribution in [0.2, 0.25) is 0 Å². The van der Waals surface area contributed by atoms with E-state index in [9.17, 15) is 0 Å². The van der Waals surface area contributed by atoms with Crippen LogP contribution in [-0.2, 0) is 18.3 Å². The Morgan fingerprint density at radius 1 is 0.636 bits per heavy atom. The molecule has 0 unspecified atom stereocenters. The van der Waals surface area contributed by atoms with Crippen molar-refractivity contribution in [1.82, 2.24) is 0 Å². The molecule has 1 aromatic carbocycles. The third-order valence-electron chi connectivity index (χ3n) is 4.56. The van der Waals surface area contributed by atoms with Crippen molar-refractivity contribution in [2.75, 3.05) is 0 Å². The van der Waals surface area contributed by atoms with Gasteiger partial charge in [0, 0.05) is 0 Å². The third kappa shape index (κ3) is 7.47. The highest BCUT2D eigenvalue weighted by Crippen LogP contribution is 2.26. The van der Waals surface area contributed by atoms with Crippen LogP contribution in [0.3, 0.4) is 0 Å². The van der Waals surface area contributed by atoms with Crippen LogP contribution in [0.1, 0.15) is 103 Å². The van der Waals surface area contributed by atoms with Crippen molar-refractivity contribution in [3.63, 3.8) is 0 Å². The number of rotatable bonds is 10. The molecule has 0 nitrogen and oxygen atoms in total. The van der Waals surface area contributed by atoms with Crippen molar-refractivity contribution < 1.29 is 0 Å². The van der Waals surface area contributed by atoms with E-state index in [1.165, 1.54) is 69.8 Å². The molecule has 0 heteroatoms. The lowest BCUT2D eigenvalue weighted by molar-refractivity contribution is 0.586. The molecule has 0 aliphatic carbocycles. The van der Waals surface area contributed by atoms with Crippen molar-refractivity contribution in [2.45, 2.75) is 104 Å². The van der Waals surface area contributed by atoms with Crippen LogP contribution in [0.5, 0.6) is 0 Å². The Morgan fingerprint density at radius 2 is 1.09 bits per heavy atom. The fraction of sp³-hybridized carbons (Fsp3) is 0.727.